The minimum atomic E-state index is -0.603. The summed E-state index contributed by atoms with van der Waals surface area (Å²) >= 11 is 2.97. The maximum Gasteiger partial charge on any atom is 0.338 e. The molecule has 0 saturated carbocycles. The van der Waals surface area contributed by atoms with Crippen molar-refractivity contribution in [1.29, 1.82) is 0 Å². The van der Waals surface area contributed by atoms with Gasteiger partial charge in [0.1, 0.15) is 0 Å². The monoisotopic (exact) mass is 486 g/mol. The molecule has 0 radical (unpaired) electrons. The third kappa shape index (κ3) is 3.81. The Morgan fingerprint density at radius 2 is 1.82 bits per heavy atom. The zero-order chi connectivity index (χ0) is 23.8. The number of benzene rings is 3. The van der Waals surface area contributed by atoms with E-state index in [1.807, 2.05) is 66.9 Å². The summed E-state index contributed by atoms with van der Waals surface area (Å²) in [5.41, 5.74) is 2.57. The maximum absolute atomic E-state index is 13.7. The zero-order valence-electron chi connectivity index (χ0n) is 18.9. The summed E-state index contributed by atoms with van der Waals surface area (Å²) in [6.45, 7) is 1.79. The molecule has 34 heavy (non-hydrogen) atoms. The largest absolute Gasteiger partial charge is 0.466 e. The minimum Gasteiger partial charge on any atom is -0.466 e. The number of carbonyl (C=O) groups is 1. The van der Waals surface area contributed by atoms with Gasteiger partial charge in [0.2, 0.25) is 0 Å². The Morgan fingerprint density at radius 1 is 1.09 bits per heavy atom. The maximum atomic E-state index is 13.7. The van der Waals surface area contributed by atoms with Gasteiger partial charge in [-0.15, -0.1) is 11.8 Å². The second kappa shape index (κ2) is 9.08. The molecule has 5 nitrogen and oxygen atoms in total. The number of rotatable bonds is 4. The summed E-state index contributed by atoms with van der Waals surface area (Å²) in [6.07, 6.45) is 3.92. The van der Waals surface area contributed by atoms with E-state index in [-0.39, 0.29) is 5.56 Å². The molecule has 1 atom stereocenters. The van der Waals surface area contributed by atoms with E-state index < -0.39 is 12.0 Å². The topological polar surface area (TPSA) is 60.7 Å². The van der Waals surface area contributed by atoms with Crippen LogP contribution in [0.3, 0.4) is 0 Å². The number of hydrogen-bond acceptors (Lipinski definition) is 6. The quantitative estimate of drug-likeness (QED) is 0.319. The lowest BCUT2D eigenvalue weighted by Gasteiger charge is -2.24. The van der Waals surface area contributed by atoms with Gasteiger partial charge in [-0.05, 0) is 53.3 Å². The van der Waals surface area contributed by atoms with Gasteiger partial charge in [0.15, 0.2) is 4.80 Å². The number of carbonyl (C=O) groups excluding carboxylic acids is 1. The van der Waals surface area contributed by atoms with Crippen LogP contribution in [0.2, 0.25) is 0 Å². The minimum absolute atomic E-state index is 0.176. The molecule has 7 heteroatoms. The molecule has 0 spiro atoms. The summed E-state index contributed by atoms with van der Waals surface area (Å²) in [7, 11) is 1.35. The molecule has 0 fully saturated rings. The SMILES string of the molecule is COC(=O)C1=C(C)N=c2sc(=Cc3cccc4ccccc34)c(=O)n2C1c1ccc(SC)cc1. The number of hydrogen-bond donors (Lipinski definition) is 0. The van der Waals surface area contributed by atoms with Crippen LogP contribution in [0.4, 0.5) is 0 Å². The number of allylic oxidation sites excluding steroid dienone is 1. The average molecular weight is 487 g/mol. The van der Waals surface area contributed by atoms with Gasteiger partial charge in [-0.25, -0.2) is 9.79 Å². The number of methoxy groups -OCH3 is 1. The molecule has 0 saturated heterocycles. The lowest BCUT2D eigenvalue weighted by molar-refractivity contribution is -0.136. The average Bonchev–Trinajstić information content (AvgIpc) is 3.17. The summed E-state index contributed by atoms with van der Waals surface area (Å²) in [4.78, 5) is 32.8. The molecule has 3 aromatic carbocycles. The smallest absolute Gasteiger partial charge is 0.338 e. The van der Waals surface area contributed by atoms with Crippen molar-refractivity contribution in [2.24, 2.45) is 4.99 Å². The van der Waals surface area contributed by atoms with Crippen LogP contribution in [0, 0.1) is 0 Å². The van der Waals surface area contributed by atoms with Gasteiger partial charge in [0.25, 0.3) is 5.56 Å². The highest BCUT2D eigenvalue weighted by molar-refractivity contribution is 7.98. The molecule has 0 bridgehead atoms. The molecule has 5 rings (SSSR count). The van der Waals surface area contributed by atoms with Gasteiger partial charge in [-0.2, -0.15) is 0 Å². The highest BCUT2D eigenvalue weighted by atomic mass is 32.2. The Hall–Kier alpha value is -3.42. The summed E-state index contributed by atoms with van der Waals surface area (Å²) in [5, 5.41) is 2.19. The Bertz CT molecular complexity index is 1620. The molecule has 1 aliphatic heterocycles. The van der Waals surface area contributed by atoms with Gasteiger partial charge in [0, 0.05) is 4.90 Å². The number of fused-ring (bicyclic) bond motifs is 2. The Kier molecular flexibility index (Phi) is 5.98. The summed E-state index contributed by atoms with van der Waals surface area (Å²) in [5.74, 6) is -0.483. The standard InChI is InChI=1S/C27H22N2O3S2/c1-16-23(26(31)32-2)24(18-11-13-20(33-3)14-12-18)29-25(30)22(34-27(29)28-16)15-19-9-6-8-17-7-4-5-10-21(17)19/h4-15,24H,1-3H3. The van der Waals surface area contributed by atoms with Crippen molar-refractivity contribution in [2.75, 3.05) is 13.4 Å². The van der Waals surface area contributed by atoms with Crippen LogP contribution in [0.25, 0.3) is 16.8 Å². The van der Waals surface area contributed by atoms with Crippen LogP contribution in [-0.4, -0.2) is 23.9 Å². The fourth-order valence-electron chi connectivity index (χ4n) is 4.31. The van der Waals surface area contributed by atoms with Crippen molar-refractivity contribution < 1.29 is 9.53 Å². The molecule has 1 aromatic heterocycles. The molecule has 2 heterocycles. The number of aromatic nitrogens is 1. The summed E-state index contributed by atoms with van der Waals surface area (Å²) < 4.78 is 7.27. The molecule has 4 aromatic rings. The van der Waals surface area contributed by atoms with Gasteiger partial charge >= 0.3 is 5.97 Å². The van der Waals surface area contributed by atoms with E-state index in [1.54, 1.807) is 23.3 Å². The number of thiazole rings is 1. The number of thioether (sulfide) groups is 1. The lowest BCUT2D eigenvalue weighted by atomic mass is 9.96. The zero-order valence-corrected chi connectivity index (χ0v) is 20.6. The van der Waals surface area contributed by atoms with E-state index in [2.05, 4.69) is 17.1 Å². The van der Waals surface area contributed by atoms with Crippen LogP contribution in [0.1, 0.15) is 24.1 Å². The highest BCUT2D eigenvalue weighted by Gasteiger charge is 2.33. The Morgan fingerprint density at radius 3 is 2.56 bits per heavy atom. The Balaban J connectivity index is 1.75. The number of ether oxygens (including phenoxy) is 1. The van der Waals surface area contributed by atoms with Crippen LogP contribution in [-0.2, 0) is 9.53 Å². The van der Waals surface area contributed by atoms with Crippen molar-refractivity contribution in [3.8, 4) is 0 Å². The first kappa shape index (κ1) is 22.4. The molecular formula is C27H22N2O3S2. The third-order valence-electron chi connectivity index (χ3n) is 5.97. The molecular weight excluding hydrogens is 464 g/mol. The van der Waals surface area contributed by atoms with Crippen molar-refractivity contribution >= 4 is 45.9 Å². The molecule has 1 unspecified atom stereocenters. The molecule has 0 aliphatic carbocycles. The van der Waals surface area contributed by atoms with Crippen molar-refractivity contribution in [3.63, 3.8) is 0 Å². The van der Waals surface area contributed by atoms with E-state index in [4.69, 9.17) is 4.74 Å². The lowest BCUT2D eigenvalue weighted by Crippen LogP contribution is -2.39. The van der Waals surface area contributed by atoms with Gasteiger partial charge in [0.05, 0.1) is 29.0 Å². The second-order valence-electron chi connectivity index (χ2n) is 7.91. The van der Waals surface area contributed by atoms with Crippen molar-refractivity contribution in [1.82, 2.24) is 4.57 Å². The van der Waals surface area contributed by atoms with Gasteiger partial charge in [-0.1, -0.05) is 65.9 Å². The highest BCUT2D eigenvalue weighted by Crippen LogP contribution is 2.31. The van der Waals surface area contributed by atoms with E-state index >= 15 is 0 Å². The van der Waals surface area contributed by atoms with Crippen LogP contribution in [0.5, 0.6) is 0 Å². The molecule has 0 N–H and O–H groups in total. The first-order chi connectivity index (χ1) is 16.5. The van der Waals surface area contributed by atoms with Crippen LogP contribution >= 0.6 is 23.1 Å². The molecule has 1 aliphatic rings. The van der Waals surface area contributed by atoms with E-state index in [0.717, 1.165) is 26.8 Å². The first-order valence-corrected chi connectivity index (χ1v) is 12.8. The fraction of sp³-hybridized carbons (Fsp3) is 0.148. The summed E-state index contributed by atoms with van der Waals surface area (Å²) in [6, 6.07) is 21.4. The fourth-order valence-corrected chi connectivity index (χ4v) is 5.76. The predicted octanol–water partition coefficient (Wildman–Crippen LogP) is 4.28. The van der Waals surface area contributed by atoms with E-state index in [1.165, 1.54) is 18.4 Å². The Labute approximate surface area is 204 Å². The van der Waals surface area contributed by atoms with Crippen molar-refractivity contribution in [3.05, 3.63) is 109 Å². The van der Waals surface area contributed by atoms with E-state index in [9.17, 15) is 9.59 Å². The van der Waals surface area contributed by atoms with Crippen LogP contribution in [0.15, 0.2) is 92.7 Å². The number of esters is 1. The third-order valence-corrected chi connectivity index (χ3v) is 7.70. The van der Waals surface area contributed by atoms with Crippen molar-refractivity contribution in [2.45, 2.75) is 17.9 Å². The van der Waals surface area contributed by atoms with Gasteiger partial charge < -0.3 is 4.74 Å². The first-order valence-electron chi connectivity index (χ1n) is 10.7. The number of nitrogens with zero attached hydrogens (tertiary/aromatic N) is 2. The molecule has 170 valence electrons. The second-order valence-corrected chi connectivity index (χ2v) is 9.80. The van der Waals surface area contributed by atoms with Crippen LogP contribution < -0.4 is 14.9 Å². The predicted molar refractivity (Wildman–Crippen MR) is 138 cm³/mol. The normalized spacial score (nSPS) is 15.9. The van der Waals surface area contributed by atoms with Gasteiger partial charge in [-0.3, -0.25) is 9.36 Å². The molecule has 0 amide bonds. The van der Waals surface area contributed by atoms with E-state index in [0.29, 0.717) is 20.6 Å².